The molecule has 2 aromatic carbocycles. The second-order valence-corrected chi connectivity index (χ2v) is 7.58. The van der Waals surface area contributed by atoms with Gasteiger partial charge in [0.2, 0.25) is 0 Å². The number of rotatable bonds is 3. The fourth-order valence-electron chi connectivity index (χ4n) is 3.67. The molecular formula is C22H21F3N4O. The molecule has 156 valence electrons. The lowest BCUT2D eigenvalue weighted by molar-refractivity contribution is -0.173. The highest BCUT2D eigenvalue weighted by Crippen LogP contribution is 2.44. The van der Waals surface area contributed by atoms with Gasteiger partial charge in [-0.05, 0) is 37.1 Å². The van der Waals surface area contributed by atoms with Crippen molar-refractivity contribution in [2.24, 2.45) is 0 Å². The zero-order valence-corrected chi connectivity index (χ0v) is 16.5. The number of alkyl halides is 3. The molecule has 5 nitrogen and oxygen atoms in total. The van der Waals surface area contributed by atoms with Crippen LogP contribution < -0.4 is 10.6 Å². The zero-order valence-electron chi connectivity index (χ0n) is 16.5. The maximum atomic E-state index is 13.8. The maximum absolute atomic E-state index is 13.8. The first-order valence-corrected chi connectivity index (χ1v) is 9.58. The van der Waals surface area contributed by atoms with Crippen LogP contribution in [0, 0.1) is 13.8 Å². The number of hydrogen-bond donors (Lipinski definition) is 2. The predicted octanol–water partition coefficient (Wildman–Crippen LogP) is 5.41. The van der Waals surface area contributed by atoms with Gasteiger partial charge in [0, 0.05) is 12.1 Å². The average molecular weight is 414 g/mol. The minimum Gasteiger partial charge on any atom is -0.363 e. The normalized spacial score (nSPS) is 18.4. The van der Waals surface area contributed by atoms with Gasteiger partial charge in [0.1, 0.15) is 11.4 Å². The van der Waals surface area contributed by atoms with E-state index < -0.39 is 24.2 Å². The van der Waals surface area contributed by atoms with Crippen LogP contribution in [0.4, 0.5) is 24.7 Å². The second kappa shape index (κ2) is 7.51. The molecular weight excluding hydrogens is 393 g/mol. The number of nitrogens with zero attached hydrogens (tertiary/aromatic N) is 2. The lowest BCUT2D eigenvalue weighted by Crippen LogP contribution is -2.36. The number of amides is 1. The third-order valence-electron chi connectivity index (χ3n) is 5.24. The molecule has 1 aliphatic rings. The summed E-state index contributed by atoms with van der Waals surface area (Å²) >= 11 is 0. The van der Waals surface area contributed by atoms with Gasteiger partial charge in [-0.2, -0.15) is 18.3 Å². The SMILES string of the molecule is Cc1ccc([C@H]2C[C@H](C(F)(F)F)n3ncc(C(=O)Nc4cccc(C)c4)c3N2)cc1. The van der Waals surface area contributed by atoms with E-state index in [1.54, 1.807) is 30.3 Å². The Kier molecular flexibility index (Phi) is 5.01. The molecule has 0 spiro atoms. The fraction of sp³-hybridized carbons (Fsp3) is 0.273. The Morgan fingerprint density at radius 1 is 1.13 bits per heavy atom. The molecule has 0 unspecified atom stereocenters. The molecule has 0 radical (unpaired) electrons. The Hall–Kier alpha value is -3.29. The first kappa shape index (κ1) is 20.0. The van der Waals surface area contributed by atoms with Gasteiger partial charge < -0.3 is 10.6 Å². The van der Waals surface area contributed by atoms with Crippen molar-refractivity contribution in [1.29, 1.82) is 0 Å². The lowest BCUT2D eigenvalue weighted by atomic mass is 9.96. The monoisotopic (exact) mass is 414 g/mol. The van der Waals surface area contributed by atoms with E-state index in [0.29, 0.717) is 5.69 Å². The minimum atomic E-state index is -4.49. The molecule has 8 heteroatoms. The highest BCUT2D eigenvalue weighted by atomic mass is 19.4. The minimum absolute atomic E-state index is 0.0688. The van der Waals surface area contributed by atoms with Gasteiger partial charge >= 0.3 is 6.18 Å². The van der Waals surface area contributed by atoms with Crippen molar-refractivity contribution in [3.05, 3.63) is 77.0 Å². The summed E-state index contributed by atoms with van der Waals surface area (Å²) in [6.45, 7) is 3.80. The second-order valence-electron chi connectivity index (χ2n) is 7.58. The molecule has 0 bridgehead atoms. The largest absolute Gasteiger partial charge is 0.410 e. The maximum Gasteiger partial charge on any atom is 0.410 e. The van der Waals surface area contributed by atoms with E-state index in [2.05, 4.69) is 15.7 Å². The molecule has 1 aromatic heterocycles. The summed E-state index contributed by atoms with van der Waals surface area (Å²) in [6, 6.07) is 12.1. The van der Waals surface area contributed by atoms with E-state index in [0.717, 1.165) is 21.4 Å². The first-order valence-electron chi connectivity index (χ1n) is 9.58. The average Bonchev–Trinajstić information content (AvgIpc) is 3.11. The summed E-state index contributed by atoms with van der Waals surface area (Å²) in [5.41, 5.74) is 3.35. The van der Waals surface area contributed by atoms with Crippen LogP contribution in [0.15, 0.2) is 54.7 Å². The van der Waals surface area contributed by atoms with Crippen molar-refractivity contribution in [3.8, 4) is 0 Å². The number of carbonyl (C=O) groups excluding carboxylic acids is 1. The van der Waals surface area contributed by atoms with Crippen LogP contribution in [0.2, 0.25) is 0 Å². The molecule has 4 rings (SSSR count). The van der Waals surface area contributed by atoms with Gasteiger partial charge in [-0.25, -0.2) is 4.68 Å². The number of aromatic nitrogens is 2. The van der Waals surface area contributed by atoms with Gasteiger partial charge in [-0.3, -0.25) is 4.79 Å². The molecule has 0 saturated carbocycles. The molecule has 1 amide bonds. The molecule has 0 fully saturated rings. The van der Waals surface area contributed by atoms with Crippen molar-refractivity contribution in [2.45, 2.75) is 38.5 Å². The number of anilines is 2. The molecule has 2 heterocycles. The molecule has 2 N–H and O–H groups in total. The zero-order chi connectivity index (χ0) is 21.5. The van der Waals surface area contributed by atoms with Gasteiger partial charge in [0.25, 0.3) is 5.91 Å². The van der Waals surface area contributed by atoms with Crippen molar-refractivity contribution in [2.75, 3.05) is 10.6 Å². The number of halogens is 3. The Morgan fingerprint density at radius 2 is 1.87 bits per heavy atom. The van der Waals surface area contributed by atoms with Crippen LogP contribution in [-0.2, 0) is 0 Å². The standard InChI is InChI=1S/C22H21F3N4O/c1-13-6-8-15(9-7-13)18-11-19(22(23,24)25)29-20(28-18)17(12-26-29)21(30)27-16-5-3-4-14(2)10-16/h3-10,12,18-19,28H,11H2,1-2H3,(H,27,30)/t18-,19-/m1/s1. The molecule has 1 aliphatic heterocycles. The van der Waals surface area contributed by atoms with Gasteiger partial charge in [-0.1, -0.05) is 42.0 Å². The van der Waals surface area contributed by atoms with Crippen LogP contribution in [0.3, 0.4) is 0 Å². The summed E-state index contributed by atoms with van der Waals surface area (Å²) in [4.78, 5) is 12.8. The summed E-state index contributed by atoms with van der Waals surface area (Å²) < 4.78 is 42.2. The van der Waals surface area contributed by atoms with Crippen LogP contribution in [0.5, 0.6) is 0 Å². The van der Waals surface area contributed by atoms with Crippen molar-refractivity contribution >= 4 is 17.4 Å². The number of hydrogen-bond acceptors (Lipinski definition) is 3. The number of benzene rings is 2. The van der Waals surface area contributed by atoms with Crippen molar-refractivity contribution < 1.29 is 18.0 Å². The third kappa shape index (κ3) is 3.90. The molecule has 0 aliphatic carbocycles. The highest BCUT2D eigenvalue weighted by Gasteiger charge is 2.47. The number of fused-ring (bicyclic) bond motifs is 1. The first-order chi connectivity index (χ1) is 14.2. The van der Waals surface area contributed by atoms with Crippen molar-refractivity contribution in [1.82, 2.24) is 9.78 Å². The van der Waals surface area contributed by atoms with E-state index in [-0.39, 0.29) is 17.8 Å². The Balaban J connectivity index is 1.69. The number of nitrogens with one attached hydrogen (secondary N) is 2. The fourth-order valence-corrected chi connectivity index (χ4v) is 3.67. The Labute approximate surface area is 171 Å². The quantitative estimate of drug-likeness (QED) is 0.602. The van der Waals surface area contributed by atoms with Crippen LogP contribution in [-0.4, -0.2) is 21.9 Å². The van der Waals surface area contributed by atoms with Crippen molar-refractivity contribution in [3.63, 3.8) is 0 Å². The summed E-state index contributed by atoms with van der Waals surface area (Å²) in [5, 5.41) is 9.74. The van der Waals surface area contributed by atoms with E-state index in [4.69, 9.17) is 0 Å². The highest BCUT2D eigenvalue weighted by molar-refractivity contribution is 6.07. The number of carbonyl (C=O) groups is 1. The van der Waals surface area contributed by atoms with Crippen LogP contribution in [0.25, 0.3) is 0 Å². The van der Waals surface area contributed by atoms with E-state index >= 15 is 0 Å². The smallest absolute Gasteiger partial charge is 0.363 e. The summed E-state index contributed by atoms with van der Waals surface area (Å²) in [7, 11) is 0. The van der Waals surface area contributed by atoms with Crippen LogP contribution >= 0.6 is 0 Å². The predicted molar refractivity (Wildman–Crippen MR) is 109 cm³/mol. The van der Waals surface area contributed by atoms with Gasteiger partial charge in [-0.15, -0.1) is 0 Å². The topological polar surface area (TPSA) is 59.0 Å². The van der Waals surface area contributed by atoms with E-state index in [1.807, 2.05) is 32.0 Å². The molecule has 30 heavy (non-hydrogen) atoms. The van der Waals surface area contributed by atoms with Gasteiger partial charge in [0.15, 0.2) is 6.04 Å². The Bertz CT molecular complexity index is 1070. The van der Waals surface area contributed by atoms with E-state index in [1.165, 1.54) is 6.20 Å². The van der Waals surface area contributed by atoms with Gasteiger partial charge in [0.05, 0.1) is 12.2 Å². The summed E-state index contributed by atoms with van der Waals surface area (Å²) in [5.74, 6) is -0.445. The third-order valence-corrected chi connectivity index (χ3v) is 5.24. The number of aryl methyl sites for hydroxylation is 2. The Morgan fingerprint density at radius 3 is 2.53 bits per heavy atom. The lowest BCUT2D eigenvalue weighted by Gasteiger charge is -2.34. The van der Waals surface area contributed by atoms with E-state index in [9.17, 15) is 18.0 Å². The van der Waals surface area contributed by atoms with Crippen LogP contribution in [0.1, 0.15) is 45.6 Å². The molecule has 3 aromatic rings. The summed E-state index contributed by atoms with van der Waals surface area (Å²) in [6.07, 6.45) is -3.51. The molecule has 0 saturated heterocycles. The molecule has 2 atom stereocenters.